The fraction of sp³-hybridized carbons (Fsp3) is 0.0556. The highest BCUT2D eigenvalue weighted by Crippen LogP contribution is 2.48. The Bertz CT molecular complexity index is 2320. The second-order valence-electron chi connectivity index (χ2n) is 10.7. The van der Waals surface area contributed by atoms with E-state index in [1.807, 2.05) is 12.1 Å². The summed E-state index contributed by atoms with van der Waals surface area (Å²) in [5.41, 5.74) is 5.20. The number of nitriles is 3. The summed E-state index contributed by atoms with van der Waals surface area (Å²) in [7, 11) is 0. The van der Waals surface area contributed by atoms with Crippen molar-refractivity contribution in [2.45, 2.75) is 12.6 Å². The Hall–Kier alpha value is -6.51. The summed E-state index contributed by atoms with van der Waals surface area (Å²) in [6.07, 6.45) is -5.29. The largest absolute Gasteiger partial charge is 0.416 e. The first kappa shape index (κ1) is 29.2. The third-order valence-electron chi connectivity index (χ3n) is 8.11. The average Bonchev–Trinajstić information content (AvgIpc) is 3.55. The number of alkyl halides is 5. The molecule has 0 unspecified atom stereocenters. The molecule has 0 saturated heterocycles. The van der Waals surface area contributed by atoms with E-state index >= 15 is 0 Å². The van der Waals surface area contributed by atoms with Gasteiger partial charge in [-0.05, 0) is 52.1 Å². The van der Waals surface area contributed by atoms with Crippen LogP contribution in [0.1, 0.15) is 40.1 Å². The van der Waals surface area contributed by atoms with Gasteiger partial charge >= 0.3 is 6.18 Å². The normalized spacial score (nSPS) is 13.3. The fourth-order valence-corrected chi connectivity index (χ4v) is 5.89. The van der Waals surface area contributed by atoms with E-state index in [9.17, 15) is 37.7 Å². The van der Waals surface area contributed by atoms with Crippen LogP contribution in [0.25, 0.3) is 50.3 Å². The number of nitrogens with zero attached hydrogens (tertiary/aromatic N) is 6. The molecule has 0 radical (unpaired) electrons. The highest BCUT2D eigenvalue weighted by Gasteiger charge is 2.36. The van der Waals surface area contributed by atoms with Crippen LogP contribution in [0.4, 0.5) is 22.0 Å². The van der Waals surface area contributed by atoms with Crippen molar-refractivity contribution in [2.75, 3.05) is 0 Å². The predicted molar refractivity (Wildman–Crippen MR) is 162 cm³/mol. The van der Waals surface area contributed by atoms with Crippen LogP contribution < -0.4 is 0 Å². The van der Waals surface area contributed by atoms with Crippen molar-refractivity contribution in [3.63, 3.8) is 0 Å². The number of aromatic nitrogens is 2. The summed E-state index contributed by atoms with van der Waals surface area (Å²) in [6.45, 7) is 0. The van der Waals surface area contributed by atoms with Crippen molar-refractivity contribution in [1.82, 2.24) is 9.97 Å². The van der Waals surface area contributed by atoms with Crippen LogP contribution in [0.2, 0.25) is 0 Å². The summed E-state index contributed by atoms with van der Waals surface area (Å²) < 4.78 is 65.6. The number of aliphatic imine (C=N–C) groups is 1. The second-order valence-corrected chi connectivity index (χ2v) is 10.7. The molecule has 0 spiro atoms. The Morgan fingerprint density at radius 3 is 1.68 bits per heavy atom. The zero-order valence-electron chi connectivity index (χ0n) is 23.7. The van der Waals surface area contributed by atoms with E-state index in [0.29, 0.717) is 61.6 Å². The molecule has 11 heteroatoms. The number of benzene rings is 4. The van der Waals surface area contributed by atoms with Gasteiger partial charge in [-0.1, -0.05) is 60.7 Å². The van der Waals surface area contributed by atoms with Gasteiger partial charge in [-0.15, -0.1) is 0 Å². The van der Waals surface area contributed by atoms with Crippen molar-refractivity contribution in [3.8, 4) is 63.1 Å². The molecule has 0 aliphatic heterocycles. The second kappa shape index (κ2) is 10.8. The van der Waals surface area contributed by atoms with Gasteiger partial charge in [-0.25, -0.2) is 18.7 Å². The first-order valence-electron chi connectivity index (χ1n) is 13.9. The molecule has 1 heterocycles. The molecule has 0 atom stereocenters. The molecule has 2 aliphatic rings. The van der Waals surface area contributed by atoms with E-state index in [1.165, 1.54) is 24.3 Å². The van der Waals surface area contributed by atoms with Gasteiger partial charge in [0.1, 0.15) is 34.8 Å². The highest BCUT2D eigenvalue weighted by molar-refractivity contribution is 6.24. The van der Waals surface area contributed by atoms with Crippen molar-refractivity contribution in [3.05, 3.63) is 124 Å². The molecule has 4 aromatic carbocycles. The molecule has 6 nitrogen and oxygen atoms in total. The molecule has 1 aromatic heterocycles. The quantitative estimate of drug-likeness (QED) is 0.111. The van der Waals surface area contributed by atoms with Crippen LogP contribution in [0.3, 0.4) is 0 Å². The van der Waals surface area contributed by atoms with E-state index < -0.39 is 18.2 Å². The van der Waals surface area contributed by atoms with E-state index in [4.69, 9.17) is 9.97 Å². The smallest absolute Gasteiger partial charge is 0.243 e. The fourth-order valence-electron chi connectivity index (χ4n) is 5.89. The summed E-state index contributed by atoms with van der Waals surface area (Å²) in [5, 5.41) is 29.4. The van der Waals surface area contributed by atoms with Crippen LogP contribution >= 0.6 is 0 Å². The third kappa shape index (κ3) is 4.72. The molecule has 47 heavy (non-hydrogen) atoms. The van der Waals surface area contributed by atoms with E-state index in [-0.39, 0.29) is 28.1 Å². The van der Waals surface area contributed by atoms with Gasteiger partial charge in [0, 0.05) is 27.8 Å². The minimum Gasteiger partial charge on any atom is -0.243 e. The molecule has 7 rings (SSSR count). The van der Waals surface area contributed by atoms with Gasteiger partial charge in [-0.2, -0.15) is 33.9 Å². The lowest BCUT2D eigenvalue weighted by atomic mass is 9.96. The molecular weight excluding hydrogens is 611 g/mol. The zero-order valence-corrected chi connectivity index (χ0v) is 23.7. The average molecular weight is 627 g/mol. The maximum Gasteiger partial charge on any atom is 0.416 e. The van der Waals surface area contributed by atoms with Crippen LogP contribution in [-0.2, 0) is 6.18 Å². The Morgan fingerprint density at radius 1 is 0.617 bits per heavy atom. The minimum atomic E-state index is -4.48. The first-order valence-corrected chi connectivity index (χ1v) is 13.9. The summed E-state index contributed by atoms with van der Waals surface area (Å²) in [6, 6.07) is 24.8. The number of rotatable bonds is 3. The van der Waals surface area contributed by atoms with Gasteiger partial charge in [-0.3, -0.25) is 0 Å². The zero-order chi connectivity index (χ0) is 33.0. The molecule has 5 aromatic rings. The van der Waals surface area contributed by atoms with Gasteiger partial charge in [0.2, 0.25) is 6.19 Å². The molecule has 224 valence electrons. The Morgan fingerprint density at radius 2 is 1.13 bits per heavy atom. The van der Waals surface area contributed by atoms with E-state index in [0.717, 1.165) is 12.1 Å². The molecule has 0 amide bonds. The van der Waals surface area contributed by atoms with Crippen LogP contribution in [0, 0.1) is 34.1 Å². The van der Waals surface area contributed by atoms with Crippen LogP contribution in [-0.4, -0.2) is 15.7 Å². The number of hydrogen-bond acceptors (Lipinski definition) is 6. The monoisotopic (exact) mass is 626 g/mol. The Kier molecular flexibility index (Phi) is 6.73. The maximum absolute atomic E-state index is 13.1. The minimum absolute atomic E-state index is 0.122. The summed E-state index contributed by atoms with van der Waals surface area (Å²) in [4.78, 5) is 13.8. The topological polar surface area (TPSA) is 110 Å². The van der Waals surface area contributed by atoms with Gasteiger partial charge in [0.15, 0.2) is 0 Å². The van der Waals surface area contributed by atoms with Crippen molar-refractivity contribution < 1.29 is 22.0 Å². The standard InChI is InChI=1S/C36H15F5N6/c37-35(38)20-3-1-18(2-4-20)21-7-11-25-27(13-21)29(23(15-42)16-43)33-31(25)47-34-30(45-17-44)28-14-22(8-12-26(28)32(34)46-33)19-5-9-24(10-6-19)36(39,40)41/h1-14,35H/b45-30+. The summed E-state index contributed by atoms with van der Waals surface area (Å²) in [5.74, 6) is 0. The number of fused-ring (bicyclic) bond motifs is 6. The molecule has 0 bridgehead atoms. The van der Waals surface area contributed by atoms with E-state index in [2.05, 4.69) is 4.99 Å². The Balaban J connectivity index is 1.37. The molecule has 0 saturated carbocycles. The SMILES string of the molecule is N#C/N=C1\c2cc(-c3ccc(C(F)(F)F)cc3)ccc2-c2nc3c(nc21)-c1ccc(-c2ccc(C(F)F)cc2)cc1C3=C(C#N)C#N. The van der Waals surface area contributed by atoms with Gasteiger partial charge in [0.05, 0.1) is 17.0 Å². The molecule has 2 aliphatic carbocycles. The molecular formula is C36H15F5N6. The lowest BCUT2D eigenvalue weighted by Crippen LogP contribution is -2.04. The third-order valence-corrected chi connectivity index (χ3v) is 8.11. The predicted octanol–water partition coefficient (Wildman–Crippen LogP) is 8.90. The highest BCUT2D eigenvalue weighted by atomic mass is 19.4. The number of hydrogen-bond donors (Lipinski definition) is 0. The van der Waals surface area contributed by atoms with Crippen LogP contribution in [0.5, 0.6) is 0 Å². The first-order chi connectivity index (χ1) is 22.6. The summed E-state index contributed by atoms with van der Waals surface area (Å²) >= 11 is 0. The lowest BCUT2D eigenvalue weighted by molar-refractivity contribution is -0.137. The van der Waals surface area contributed by atoms with Crippen LogP contribution in [0.15, 0.2) is 95.5 Å². The molecule has 0 fully saturated rings. The van der Waals surface area contributed by atoms with Crippen molar-refractivity contribution in [1.29, 1.82) is 15.8 Å². The van der Waals surface area contributed by atoms with E-state index in [1.54, 1.807) is 54.7 Å². The lowest BCUT2D eigenvalue weighted by Gasteiger charge is -2.09. The number of halogens is 5. The van der Waals surface area contributed by atoms with Crippen molar-refractivity contribution >= 4 is 11.3 Å². The maximum atomic E-state index is 13.1. The Labute approximate surface area is 263 Å². The molecule has 0 N–H and O–H groups in total. The van der Waals surface area contributed by atoms with Gasteiger partial charge in [0.25, 0.3) is 6.43 Å². The van der Waals surface area contributed by atoms with Gasteiger partial charge < -0.3 is 0 Å². The van der Waals surface area contributed by atoms with Crippen molar-refractivity contribution in [2.24, 2.45) is 4.99 Å². The number of allylic oxidation sites excluding steroid dienone is 1.